The third kappa shape index (κ3) is 5.33. The number of amides is 1. The maximum Gasteiger partial charge on any atom is 0.243 e. The van der Waals surface area contributed by atoms with E-state index in [1.165, 1.54) is 15.9 Å². The summed E-state index contributed by atoms with van der Waals surface area (Å²) in [5.41, 5.74) is 2.01. The van der Waals surface area contributed by atoms with Gasteiger partial charge in [0.1, 0.15) is 0 Å². The number of rotatable bonds is 4. The Morgan fingerprint density at radius 2 is 1.61 bits per heavy atom. The third-order valence-corrected chi connectivity index (χ3v) is 8.09. The zero-order valence-electron chi connectivity index (χ0n) is 19.5. The molecule has 8 heteroatoms. The summed E-state index contributed by atoms with van der Waals surface area (Å²) in [6.07, 6.45) is 1.72. The van der Waals surface area contributed by atoms with Crippen LogP contribution in [0.15, 0.2) is 47.4 Å². The van der Waals surface area contributed by atoms with Gasteiger partial charge in [-0.15, -0.1) is 0 Å². The van der Waals surface area contributed by atoms with Crippen molar-refractivity contribution in [3.05, 3.63) is 48.0 Å². The zero-order chi connectivity index (χ0) is 23.6. The van der Waals surface area contributed by atoms with Crippen molar-refractivity contribution in [3.63, 3.8) is 0 Å². The molecular formula is C25H32N2O5S. The maximum absolute atomic E-state index is 13.2. The number of benzene rings is 2. The fourth-order valence-electron chi connectivity index (χ4n) is 4.11. The number of hydrogen-bond acceptors (Lipinski definition) is 5. The van der Waals surface area contributed by atoms with Crippen LogP contribution in [0.2, 0.25) is 0 Å². The summed E-state index contributed by atoms with van der Waals surface area (Å²) in [6, 6.07) is 12.6. The van der Waals surface area contributed by atoms with Crippen LogP contribution >= 0.6 is 0 Å². The van der Waals surface area contributed by atoms with E-state index in [-0.39, 0.29) is 22.1 Å². The minimum Gasteiger partial charge on any atom is -0.490 e. The first kappa shape index (κ1) is 23.6. The van der Waals surface area contributed by atoms with Crippen LogP contribution in [0.3, 0.4) is 0 Å². The highest BCUT2D eigenvalue weighted by Gasteiger charge is 2.33. The Labute approximate surface area is 196 Å². The van der Waals surface area contributed by atoms with E-state index in [9.17, 15) is 13.2 Å². The van der Waals surface area contributed by atoms with Gasteiger partial charge >= 0.3 is 0 Å². The molecule has 1 saturated heterocycles. The molecule has 0 aromatic heterocycles. The van der Waals surface area contributed by atoms with E-state index < -0.39 is 10.0 Å². The largest absolute Gasteiger partial charge is 0.490 e. The lowest BCUT2D eigenvalue weighted by atomic mass is 9.87. The van der Waals surface area contributed by atoms with Crippen molar-refractivity contribution < 1.29 is 22.7 Å². The normalized spacial score (nSPS) is 17.9. The Morgan fingerprint density at radius 1 is 0.970 bits per heavy atom. The van der Waals surface area contributed by atoms with Crippen LogP contribution in [0, 0.1) is 5.92 Å². The number of nitrogens with zero attached hydrogens (tertiary/aromatic N) is 1. The first-order valence-corrected chi connectivity index (χ1v) is 12.9. The molecule has 2 aliphatic rings. The van der Waals surface area contributed by atoms with Crippen LogP contribution in [-0.4, -0.2) is 44.9 Å². The molecule has 0 saturated carbocycles. The molecular weight excluding hydrogens is 440 g/mol. The SMILES string of the molecule is CC(C)(C)c1ccc(NC(=O)C2CCN(S(=O)(=O)c3ccc4c(c3)OCCCO4)CC2)cc1. The van der Waals surface area contributed by atoms with E-state index in [1.807, 2.05) is 24.3 Å². The van der Waals surface area contributed by atoms with Crippen molar-refractivity contribution in [2.45, 2.75) is 50.3 Å². The van der Waals surface area contributed by atoms with E-state index in [0.717, 1.165) is 12.1 Å². The Kier molecular flexibility index (Phi) is 6.68. The monoisotopic (exact) mass is 472 g/mol. The Bertz CT molecular complexity index is 1100. The number of sulfonamides is 1. The fourth-order valence-corrected chi connectivity index (χ4v) is 5.60. The number of carbonyl (C=O) groups is 1. The average Bonchev–Trinajstić information content (AvgIpc) is 3.04. The standard InChI is InChI=1S/C25H32N2O5S/c1-25(2,3)19-5-7-20(8-6-19)26-24(28)18-11-13-27(14-12-18)33(29,30)21-9-10-22-23(17-21)32-16-4-15-31-22/h5-10,17-18H,4,11-16H2,1-3H3,(H,26,28). The molecule has 33 heavy (non-hydrogen) atoms. The summed E-state index contributed by atoms with van der Waals surface area (Å²) >= 11 is 0. The van der Waals surface area contributed by atoms with Crippen molar-refractivity contribution in [2.75, 3.05) is 31.6 Å². The van der Waals surface area contributed by atoms with Crippen LogP contribution in [0.4, 0.5) is 5.69 Å². The number of nitrogens with one attached hydrogen (secondary N) is 1. The maximum atomic E-state index is 13.2. The molecule has 0 unspecified atom stereocenters. The van der Waals surface area contributed by atoms with Crippen molar-refractivity contribution in [3.8, 4) is 11.5 Å². The van der Waals surface area contributed by atoms with Gasteiger partial charge in [0, 0.05) is 37.2 Å². The lowest BCUT2D eigenvalue weighted by molar-refractivity contribution is -0.120. The summed E-state index contributed by atoms with van der Waals surface area (Å²) in [6.45, 7) is 8.10. The average molecular weight is 473 g/mol. The number of ether oxygens (including phenoxy) is 2. The Hall–Kier alpha value is -2.58. The van der Waals surface area contributed by atoms with E-state index in [4.69, 9.17) is 9.47 Å². The highest BCUT2D eigenvalue weighted by molar-refractivity contribution is 7.89. The highest BCUT2D eigenvalue weighted by Crippen LogP contribution is 2.34. The molecule has 2 aromatic rings. The minimum atomic E-state index is -3.67. The first-order chi connectivity index (χ1) is 15.6. The molecule has 1 N–H and O–H groups in total. The van der Waals surface area contributed by atoms with Crippen LogP contribution in [-0.2, 0) is 20.2 Å². The summed E-state index contributed by atoms with van der Waals surface area (Å²) in [5.74, 6) is 0.742. The first-order valence-electron chi connectivity index (χ1n) is 11.5. The van der Waals surface area contributed by atoms with Gasteiger partial charge in [0.05, 0.1) is 18.1 Å². The summed E-state index contributed by atoms with van der Waals surface area (Å²) in [4.78, 5) is 12.9. The second kappa shape index (κ2) is 9.35. The van der Waals surface area contributed by atoms with Gasteiger partial charge in [-0.25, -0.2) is 8.42 Å². The highest BCUT2D eigenvalue weighted by atomic mass is 32.2. The van der Waals surface area contributed by atoms with Crippen LogP contribution in [0.25, 0.3) is 0 Å². The fraction of sp³-hybridized carbons (Fsp3) is 0.480. The van der Waals surface area contributed by atoms with Crippen molar-refractivity contribution >= 4 is 21.6 Å². The number of anilines is 1. The van der Waals surface area contributed by atoms with E-state index in [1.54, 1.807) is 12.1 Å². The van der Waals surface area contributed by atoms with E-state index in [2.05, 4.69) is 26.1 Å². The minimum absolute atomic E-state index is 0.0529. The van der Waals surface area contributed by atoms with Crippen LogP contribution in [0.1, 0.15) is 45.6 Å². The van der Waals surface area contributed by atoms with Crippen molar-refractivity contribution in [1.29, 1.82) is 0 Å². The number of carbonyl (C=O) groups excluding carboxylic acids is 1. The number of hydrogen-bond donors (Lipinski definition) is 1. The second-order valence-electron chi connectivity index (χ2n) is 9.65. The molecule has 2 heterocycles. The smallest absolute Gasteiger partial charge is 0.243 e. The molecule has 0 aliphatic carbocycles. The van der Waals surface area contributed by atoms with Gasteiger partial charge in [-0.3, -0.25) is 4.79 Å². The van der Waals surface area contributed by atoms with Crippen LogP contribution < -0.4 is 14.8 Å². The zero-order valence-corrected chi connectivity index (χ0v) is 20.3. The predicted octanol–water partition coefficient (Wildman–Crippen LogP) is 4.18. The van der Waals surface area contributed by atoms with E-state index in [0.29, 0.717) is 50.6 Å². The Balaban J connectivity index is 1.37. The molecule has 0 spiro atoms. The van der Waals surface area contributed by atoms with Gasteiger partial charge < -0.3 is 14.8 Å². The Morgan fingerprint density at radius 3 is 2.24 bits per heavy atom. The lowest BCUT2D eigenvalue weighted by Crippen LogP contribution is -2.41. The van der Waals surface area contributed by atoms with Gasteiger partial charge in [0.25, 0.3) is 0 Å². The summed E-state index contributed by atoms with van der Waals surface area (Å²) in [5, 5.41) is 2.98. The van der Waals surface area contributed by atoms with Crippen molar-refractivity contribution in [2.24, 2.45) is 5.92 Å². The third-order valence-electron chi connectivity index (χ3n) is 6.20. The molecule has 1 amide bonds. The van der Waals surface area contributed by atoms with Gasteiger partial charge in [-0.1, -0.05) is 32.9 Å². The molecule has 4 rings (SSSR count). The van der Waals surface area contributed by atoms with Gasteiger partial charge in [-0.2, -0.15) is 4.31 Å². The molecule has 1 fully saturated rings. The van der Waals surface area contributed by atoms with Gasteiger partial charge in [-0.05, 0) is 48.1 Å². The van der Waals surface area contributed by atoms with Gasteiger partial charge in [0.15, 0.2) is 11.5 Å². The topological polar surface area (TPSA) is 84.9 Å². The molecule has 2 aromatic carbocycles. The van der Waals surface area contributed by atoms with Gasteiger partial charge in [0.2, 0.25) is 15.9 Å². The lowest BCUT2D eigenvalue weighted by Gasteiger charge is -2.30. The number of piperidine rings is 1. The quantitative estimate of drug-likeness (QED) is 0.721. The molecule has 0 radical (unpaired) electrons. The summed E-state index contributed by atoms with van der Waals surface area (Å²) < 4.78 is 39.0. The van der Waals surface area contributed by atoms with Crippen molar-refractivity contribution in [1.82, 2.24) is 4.31 Å². The number of fused-ring (bicyclic) bond motifs is 1. The molecule has 0 bridgehead atoms. The predicted molar refractivity (Wildman–Crippen MR) is 127 cm³/mol. The second-order valence-corrected chi connectivity index (χ2v) is 11.6. The molecule has 178 valence electrons. The van der Waals surface area contributed by atoms with Crippen LogP contribution in [0.5, 0.6) is 11.5 Å². The van der Waals surface area contributed by atoms with E-state index >= 15 is 0 Å². The molecule has 7 nitrogen and oxygen atoms in total. The summed E-state index contributed by atoms with van der Waals surface area (Å²) in [7, 11) is -3.67. The molecule has 2 aliphatic heterocycles. The molecule has 0 atom stereocenters.